The molecule has 0 radical (unpaired) electrons. The highest BCUT2D eigenvalue weighted by Gasteiger charge is 2.22. The summed E-state index contributed by atoms with van der Waals surface area (Å²) in [4.78, 5) is 23.8. The molecule has 7 nitrogen and oxygen atoms in total. The number of benzene rings is 1. The Labute approximate surface area is 146 Å². The molecule has 25 heavy (non-hydrogen) atoms. The van der Waals surface area contributed by atoms with Crippen LogP contribution in [0.1, 0.15) is 52.9 Å². The third kappa shape index (κ3) is 4.45. The highest BCUT2D eigenvalue weighted by Crippen LogP contribution is 2.22. The number of carboxylic acid groups (broad SMARTS) is 1. The lowest BCUT2D eigenvalue weighted by atomic mass is 9.92. The molecule has 1 aromatic heterocycles. The van der Waals surface area contributed by atoms with E-state index < -0.39 is 5.97 Å². The molecule has 0 bridgehead atoms. The lowest BCUT2D eigenvalue weighted by Crippen LogP contribution is -2.16. The summed E-state index contributed by atoms with van der Waals surface area (Å²) in [5.41, 5.74) is 2.18. The first-order chi connectivity index (χ1) is 11.6. The number of rotatable bonds is 5. The maximum atomic E-state index is 12.6. The van der Waals surface area contributed by atoms with Gasteiger partial charge in [0.05, 0.1) is 17.9 Å². The molecule has 2 N–H and O–H groups in total. The number of nitrogens with one attached hydrogen (secondary N) is 1. The number of nitrogens with zero attached hydrogens (tertiary/aromatic N) is 2. The average molecular weight is 345 g/mol. The predicted octanol–water partition coefficient (Wildman–Crippen LogP) is 2.81. The molecule has 1 aromatic carbocycles. The van der Waals surface area contributed by atoms with Crippen LogP contribution in [-0.4, -0.2) is 33.9 Å². The van der Waals surface area contributed by atoms with Gasteiger partial charge < -0.3 is 15.2 Å². The Morgan fingerprint density at radius 2 is 1.92 bits per heavy atom. The number of hydrogen-bond acceptors (Lipinski definition) is 4. The number of aromatic carboxylic acids is 1. The van der Waals surface area contributed by atoms with Crippen molar-refractivity contribution < 1.29 is 19.4 Å². The van der Waals surface area contributed by atoms with Crippen LogP contribution in [0, 0.1) is 0 Å². The quantitative estimate of drug-likeness (QED) is 0.869. The zero-order valence-electron chi connectivity index (χ0n) is 15.1. The number of methoxy groups -OCH3 is 1. The second-order valence-electron chi connectivity index (χ2n) is 6.90. The van der Waals surface area contributed by atoms with Crippen LogP contribution in [0.2, 0.25) is 0 Å². The van der Waals surface area contributed by atoms with E-state index in [4.69, 9.17) is 4.74 Å². The Balaban J connectivity index is 2.31. The summed E-state index contributed by atoms with van der Waals surface area (Å²) in [6, 6.07) is 6.37. The van der Waals surface area contributed by atoms with Crippen LogP contribution in [0.4, 0.5) is 5.69 Å². The summed E-state index contributed by atoms with van der Waals surface area (Å²) in [6.45, 7) is 6.31. The molecule has 134 valence electrons. The molecular weight excluding hydrogens is 322 g/mol. The average Bonchev–Trinajstić information content (AvgIpc) is 2.89. The fourth-order valence-corrected chi connectivity index (χ4v) is 2.38. The predicted molar refractivity (Wildman–Crippen MR) is 94.0 cm³/mol. The van der Waals surface area contributed by atoms with Crippen molar-refractivity contribution in [2.45, 2.75) is 32.8 Å². The lowest BCUT2D eigenvalue weighted by molar-refractivity contribution is 0.0696. The Morgan fingerprint density at radius 3 is 2.44 bits per heavy atom. The zero-order chi connectivity index (χ0) is 18.8. The molecule has 0 saturated heterocycles. The second kappa shape index (κ2) is 7.06. The van der Waals surface area contributed by atoms with E-state index in [0.717, 1.165) is 5.69 Å². The van der Waals surface area contributed by atoms with Crippen molar-refractivity contribution in [2.75, 3.05) is 12.4 Å². The van der Waals surface area contributed by atoms with E-state index in [1.54, 1.807) is 19.2 Å². The van der Waals surface area contributed by atoms with E-state index >= 15 is 0 Å². The Bertz CT molecular complexity index is 803. The lowest BCUT2D eigenvalue weighted by Gasteiger charge is -2.13. The molecule has 2 aromatic rings. The fourth-order valence-electron chi connectivity index (χ4n) is 2.38. The summed E-state index contributed by atoms with van der Waals surface area (Å²) >= 11 is 0. The van der Waals surface area contributed by atoms with Crippen molar-refractivity contribution in [1.82, 2.24) is 9.78 Å². The van der Waals surface area contributed by atoms with E-state index in [9.17, 15) is 14.7 Å². The molecule has 0 unspecified atom stereocenters. The van der Waals surface area contributed by atoms with Crippen LogP contribution in [0.15, 0.2) is 24.3 Å². The standard InChI is InChI=1S/C18H23N3O4/c1-18(2,3)15-9-14(21(4)20-15)16(22)19-13-7-11(10-25-5)6-12(8-13)17(23)24/h6-9H,10H2,1-5H3,(H,19,22)(H,23,24). The van der Waals surface area contributed by atoms with Gasteiger partial charge in [-0.2, -0.15) is 5.10 Å². The maximum absolute atomic E-state index is 12.6. The molecular formula is C18H23N3O4. The molecule has 7 heteroatoms. The summed E-state index contributed by atoms with van der Waals surface area (Å²) in [5.74, 6) is -1.42. The van der Waals surface area contributed by atoms with Gasteiger partial charge in [0.1, 0.15) is 5.69 Å². The zero-order valence-corrected chi connectivity index (χ0v) is 15.1. The fraction of sp³-hybridized carbons (Fsp3) is 0.389. The summed E-state index contributed by atoms with van der Waals surface area (Å²) in [7, 11) is 3.23. The normalized spacial score (nSPS) is 11.4. The second-order valence-corrected chi connectivity index (χ2v) is 6.90. The number of hydrogen-bond donors (Lipinski definition) is 2. The van der Waals surface area contributed by atoms with Gasteiger partial charge in [-0.3, -0.25) is 9.48 Å². The monoisotopic (exact) mass is 345 g/mol. The summed E-state index contributed by atoms with van der Waals surface area (Å²) < 4.78 is 6.57. The van der Waals surface area contributed by atoms with Gasteiger partial charge in [0, 0.05) is 25.3 Å². The summed E-state index contributed by atoms with van der Waals surface area (Å²) in [6.07, 6.45) is 0. The van der Waals surface area contributed by atoms with Crippen LogP contribution in [0.5, 0.6) is 0 Å². The van der Waals surface area contributed by atoms with Gasteiger partial charge >= 0.3 is 5.97 Å². The highest BCUT2D eigenvalue weighted by molar-refractivity contribution is 6.03. The van der Waals surface area contributed by atoms with Crippen LogP contribution >= 0.6 is 0 Å². The first kappa shape index (κ1) is 18.7. The number of anilines is 1. The van der Waals surface area contributed by atoms with E-state index in [1.807, 2.05) is 20.8 Å². The van der Waals surface area contributed by atoms with Gasteiger partial charge in [-0.05, 0) is 29.8 Å². The van der Waals surface area contributed by atoms with Crippen molar-refractivity contribution in [1.29, 1.82) is 0 Å². The largest absolute Gasteiger partial charge is 0.478 e. The maximum Gasteiger partial charge on any atom is 0.335 e. The Kier molecular flexibility index (Phi) is 5.27. The topological polar surface area (TPSA) is 93.5 Å². The van der Waals surface area contributed by atoms with Gasteiger partial charge in [-0.1, -0.05) is 20.8 Å². The van der Waals surface area contributed by atoms with Crippen LogP contribution in [0.25, 0.3) is 0 Å². The third-order valence-electron chi connectivity index (χ3n) is 3.69. The van der Waals surface area contributed by atoms with Crippen molar-refractivity contribution in [3.05, 3.63) is 46.8 Å². The van der Waals surface area contributed by atoms with E-state index in [1.165, 1.54) is 23.9 Å². The van der Waals surface area contributed by atoms with Gasteiger partial charge in [0.25, 0.3) is 5.91 Å². The molecule has 0 saturated carbocycles. The van der Waals surface area contributed by atoms with Gasteiger partial charge in [-0.25, -0.2) is 4.79 Å². The van der Waals surface area contributed by atoms with E-state index in [2.05, 4.69) is 10.4 Å². The van der Waals surface area contributed by atoms with Crippen molar-refractivity contribution >= 4 is 17.6 Å². The van der Waals surface area contributed by atoms with E-state index in [0.29, 0.717) is 16.9 Å². The van der Waals surface area contributed by atoms with Gasteiger partial charge in [-0.15, -0.1) is 0 Å². The minimum atomic E-state index is -1.07. The number of aryl methyl sites for hydroxylation is 1. The molecule has 0 fully saturated rings. The van der Waals surface area contributed by atoms with Crippen molar-refractivity contribution in [3.63, 3.8) is 0 Å². The molecule has 0 aliphatic rings. The number of amides is 1. The number of aromatic nitrogens is 2. The third-order valence-corrected chi connectivity index (χ3v) is 3.69. The molecule has 2 rings (SSSR count). The van der Waals surface area contributed by atoms with E-state index in [-0.39, 0.29) is 23.5 Å². The van der Waals surface area contributed by atoms with Crippen molar-refractivity contribution in [2.24, 2.45) is 7.05 Å². The van der Waals surface area contributed by atoms with Crippen LogP contribution in [-0.2, 0) is 23.8 Å². The van der Waals surface area contributed by atoms with Crippen molar-refractivity contribution in [3.8, 4) is 0 Å². The van der Waals surface area contributed by atoms with Gasteiger partial charge in [0.2, 0.25) is 0 Å². The number of ether oxygens (including phenoxy) is 1. The van der Waals surface area contributed by atoms with Crippen LogP contribution in [0.3, 0.4) is 0 Å². The molecule has 0 aliphatic carbocycles. The summed E-state index contributed by atoms with van der Waals surface area (Å²) in [5, 5.41) is 16.3. The first-order valence-corrected chi connectivity index (χ1v) is 7.84. The first-order valence-electron chi connectivity index (χ1n) is 7.84. The minimum Gasteiger partial charge on any atom is -0.478 e. The number of carbonyl (C=O) groups excluding carboxylic acids is 1. The minimum absolute atomic E-state index is 0.0882. The molecule has 0 spiro atoms. The smallest absolute Gasteiger partial charge is 0.335 e. The molecule has 0 aliphatic heterocycles. The molecule has 0 atom stereocenters. The van der Waals surface area contributed by atoms with Gasteiger partial charge in [0.15, 0.2) is 0 Å². The Morgan fingerprint density at radius 1 is 1.24 bits per heavy atom. The molecule has 1 heterocycles. The number of carbonyl (C=O) groups is 2. The molecule has 1 amide bonds. The number of carboxylic acids is 1. The SMILES string of the molecule is COCc1cc(NC(=O)c2cc(C(C)(C)C)nn2C)cc(C(=O)O)c1. The van der Waals surface area contributed by atoms with Crippen LogP contribution < -0.4 is 5.32 Å². The highest BCUT2D eigenvalue weighted by atomic mass is 16.5. The Hall–Kier alpha value is -2.67.